The van der Waals surface area contributed by atoms with Crippen molar-refractivity contribution in [2.75, 3.05) is 19.0 Å². The van der Waals surface area contributed by atoms with Gasteiger partial charge in [-0.3, -0.25) is 9.78 Å². The lowest BCUT2D eigenvalue weighted by molar-refractivity contribution is 0.0932. The average Bonchev–Trinajstić information content (AvgIpc) is 3.04. The maximum atomic E-state index is 12.5. The van der Waals surface area contributed by atoms with E-state index in [1.165, 1.54) is 0 Å². The van der Waals surface area contributed by atoms with Crippen LogP contribution in [0.4, 0.5) is 5.82 Å². The minimum atomic E-state index is -0.143. The van der Waals surface area contributed by atoms with Gasteiger partial charge in [-0.1, -0.05) is 0 Å². The Balaban J connectivity index is 1.66. The molecule has 120 valence electrons. The molecule has 3 heterocycles. The lowest BCUT2D eigenvalue weighted by Crippen LogP contribution is -2.44. The summed E-state index contributed by atoms with van der Waals surface area (Å²) in [6, 6.07) is 7.62. The van der Waals surface area contributed by atoms with Crippen LogP contribution in [0.25, 0.3) is 0 Å². The van der Waals surface area contributed by atoms with Gasteiger partial charge in [0, 0.05) is 45.1 Å². The van der Waals surface area contributed by atoms with Crippen molar-refractivity contribution in [3.05, 3.63) is 54.0 Å². The average molecular weight is 312 g/mol. The molecule has 0 bridgehead atoms. The molecular weight excluding hydrogens is 292 g/mol. The number of rotatable bonds is 4. The maximum absolute atomic E-state index is 12.5. The molecule has 1 saturated heterocycles. The predicted molar refractivity (Wildman–Crippen MR) is 87.7 cm³/mol. The summed E-state index contributed by atoms with van der Waals surface area (Å²) in [7, 11) is 3.74. The summed E-state index contributed by atoms with van der Waals surface area (Å²) in [5.41, 5.74) is 8.02. The van der Waals surface area contributed by atoms with Crippen molar-refractivity contribution in [2.24, 2.45) is 0 Å². The van der Waals surface area contributed by atoms with Crippen LogP contribution in [0.1, 0.15) is 28.4 Å². The van der Waals surface area contributed by atoms with Crippen LogP contribution < -0.4 is 21.1 Å². The van der Waals surface area contributed by atoms with Crippen LogP contribution in [-0.2, 0) is 0 Å². The Bertz CT molecular complexity index is 675. The number of nitrogens with one attached hydrogen (secondary N) is 3. The van der Waals surface area contributed by atoms with Crippen molar-refractivity contribution < 1.29 is 4.79 Å². The van der Waals surface area contributed by atoms with Crippen molar-refractivity contribution in [1.29, 1.82) is 0 Å². The van der Waals surface area contributed by atoms with E-state index in [4.69, 9.17) is 0 Å². The van der Waals surface area contributed by atoms with Crippen LogP contribution in [0.5, 0.6) is 0 Å². The summed E-state index contributed by atoms with van der Waals surface area (Å²) in [6.07, 6.45) is 5.83. The van der Waals surface area contributed by atoms with Gasteiger partial charge in [0.15, 0.2) is 0 Å². The molecule has 7 nitrogen and oxygen atoms in total. The Kier molecular flexibility index (Phi) is 4.50. The van der Waals surface area contributed by atoms with Crippen molar-refractivity contribution in [1.82, 2.24) is 26.1 Å². The monoisotopic (exact) mass is 312 g/mol. The molecule has 1 aliphatic heterocycles. The number of carbonyl (C=O) groups excluding carboxylic acids is 1. The highest BCUT2D eigenvalue weighted by molar-refractivity contribution is 5.98. The largest absolute Gasteiger partial charge is 0.362 e. The molecule has 1 aliphatic rings. The number of hydrazine groups is 1. The van der Waals surface area contributed by atoms with Crippen molar-refractivity contribution in [3.8, 4) is 0 Å². The molecule has 2 aromatic rings. The summed E-state index contributed by atoms with van der Waals surface area (Å²) in [5, 5.41) is 3.00. The number of amides is 1. The first-order valence-corrected chi connectivity index (χ1v) is 7.49. The predicted octanol–water partition coefficient (Wildman–Crippen LogP) is 0.838. The summed E-state index contributed by atoms with van der Waals surface area (Å²) in [4.78, 5) is 22.6. The Morgan fingerprint density at radius 1 is 1.22 bits per heavy atom. The van der Waals surface area contributed by atoms with Gasteiger partial charge in [0.1, 0.15) is 5.82 Å². The fraction of sp³-hybridized carbons (Fsp3) is 0.312. The van der Waals surface area contributed by atoms with E-state index in [0.29, 0.717) is 11.4 Å². The van der Waals surface area contributed by atoms with Gasteiger partial charge in [-0.2, -0.15) is 0 Å². The molecular formula is C16H20N6O. The van der Waals surface area contributed by atoms with E-state index in [9.17, 15) is 4.79 Å². The van der Waals surface area contributed by atoms with Gasteiger partial charge in [0.25, 0.3) is 5.91 Å². The van der Waals surface area contributed by atoms with Crippen molar-refractivity contribution in [2.45, 2.75) is 18.6 Å². The molecule has 0 radical (unpaired) electrons. The number of hydrogen-bond acceptors (Lipinski definition) is 6. The highest BCUT2D eigenvalue weighted by Crippen LogP contribution is 2.21. The number of nitrogens with zero attached hydrogens (tertiary/aromatic N) is 3. The molecule has 7 heteroatoms. The zero-order valence-corrected chi connectivity index (χ0v) is 13.2. The molecule has 0 aliphatic carbocycles. The number of pyridine rings is 2. The fourth-order valence-electron chi connectivity index (χ4n) is 2.63. The van der Waals surface area contributed by atoms with E-state index in [1.54, 1.807) is 30.7 Å². The molecule has 1 fully saturated rings. The summed E-state index contributed by atoms with van der Waals surface area (Å²) in [6.45, 7) is 0. The van der Waals surface area contributed by atoms with Crippen LogP contribution in [0, 0.1) is 0 Å². The van der Waals surface area contributed by atoms with Gasteiger partial charge >= 0.3 is 0 Å². The second kappa shape index (κ2) is 6.72. The van der Waals surface area contributed by atoms with E-state index in [1.807, 2.05) is 31.1 Å². The van der Waals surface area contributed by atoms with E-state index in [2.05, 4.69) is 26.1 Å². The number of hydrogen-bond donors (Lipinski definition) is 3. The standard InChI is InChI=1S/C16H20N6O/c1-22(2)15-12(4-3-7-18-15)16(23)19-14-10-13(20-21-14)11-5-8-17-9-6-11/h3-9,13-14,20-21H,10H2,1-2H3,(H,19,23). The van der Waals surface area contributed by atoms with Gasteiger partial charge < -0.3 is 10.2 Å². The van der Waals surface area contributed by atoms with Crippen molar-refractivity contribution >= 4 is 11.7 Å². The molecule has 0 aromatic carbocycles. The first-order valence-electron chi connectivity index (χ1n) is 7.49. The minimum Gasteiger partial charge on any atom is -0.362 e. The molecule has 3 N–H and O–H groups in total. The number of carbonyl (C=O) groups is 1. The minimum absolute atomic E-state index is 0.142. The van der Waals surface area contributed by atoms with E-state index in [-0.39, 0.29) is 18.1 Å². The topological polar surface area (TPSA) is 82.2 Å². The molecule has 0 saturated carbocycles. The smallest absolute Gasteiger partial charge is 0.256 e. The molecule has 23 heavy (non-hydrogen) atoms. The molecule has 3 rings (SSSR count). The number of aromatic nitrogens is 2. The van der Waals surface area contributed by atoms with Crippen LogP contribution in [0.15, 0.2) is 42.9 Å². The van der Waals surface area contributed by atoms with E-state index in [0.717, 1.165) is 12.0 Å². The zero-order valence-electron chi connectivity index (χ0n) is 13.2. The molecule has 1 amide bonds. The van der Waals surface area contributed by atoms with E-state index < -0.39 is 0 Å². The Labute approximate surface area is 135 Å². The highest BCUT2D eigenvalue weighted by atomic mass is 16.2. The van der Waals surface area contributed by atoms with Crippen LogP contribution in [0.2, 0.25) is 0 Å². The Morgan fingerprint density at radius 2 is 2.00 bits per heavy atom. The molecule has 0 spiro atoms. The van der Waals surface area contributed by atoms with Gasteiger partial charge in [-0.05, 0) is 29.8 Å². The first kappa shape index (κ1) is 15.4. The third-order valence-corrected chi connectivity index (χ3v) is 3.77. The normalized spacial score (nSPS) is 20.3. The van der Waals surface area contributed by atoms with Crippen LogP contribution in [0.3, 0.4) is 0 Å². The SMILES string of the molecule is CN(C)c1ncccc1C(=O)NC1CC(c2ccncc2)NN1. The fourth-order valence-corrected chi connectivity index (χ4v) is 2.63. The summed E-state index contributed by atoms with van der Waals surface area (Å²) in [5.74, 6) is 0.512. The third kappa shape index (κ3) is 3.46. The second-order valence-corrected chi connectivity index (χ2v) is 5.65. The van der Waals surface area contributed by atoms with E-state index >= 15 is 0 Å². The number of anilines is 1. The molecule has 2 atom stereocenters. The van der Waals surface area contributed by atoms with Gasteiger partial charge in [-0.15, -0.1) is 0 Å². The summed E-state index contributed by atoms with van der Waals surface area (Å²) >= 11 is 0. The van der Waals surface area contributed by atoms with Crippen molar-refractivity contribution in [3.63, 3.8) is 0 Å². The van der Waals surface area contributed by atoms with Gasteiger partial charge in [0.05, 0.1) is 11.7 Å². The lowest BCUT2D eigenvalue weighted by Gasteiger charge is -2.17. The Hall–Kier alpha value is -2.51. The molecule has 2 aromatic heterocycles. The maximum Gasteiger partial charge on any atom is 0.256 e. The second-order valence-electron chi connectivity index (χ2n) is 5.65. The summed E-state index contributed by atoms with van der Waals surface area (Å²) < 4.78 is 0. The van der Waals surface area contributed by atoms with Crippen LogP contribution in [-0.4, -0.2) is 36.1 Å². The highest BCUT2D eigenvalue weighted by Gasteiger charge is 2.27. The third-order valence-electron chi connectivity index (χ3n) is 3.77. The molecule has 2 unspecified atom stereocenters. The van der Waals surface area contributed by atoms with Gasteiger partial charge in [-0.25, -0.2) is 15.8 Å². The first-order chi connectivity index (χ1) is 11.1. The zero-order chi connectivity index (χ0) is 16.2. The quantitative estimate of drug-likeness (QED) is 0.776. The Morgan fingerprint density at radius 3 is 2.74 bits per heavy atom. The van der Waals surface area contributed by atoms with Crippen LogP contribution >= 0.6 is 0 Å². The lowest BCUT2D eigenvalue weighted by atomic mass is 10.1. The van der Waals surface area contributed by atoms with Gasteiger partial charge in [0.2, 0.25) is 0 Å².